The number of hydrogen-bond donors (Lipinski definition) is 1. The smallest absolute Gasteiger partial charge is 0.337 e. The van der Waals surface area contributed by atoms with Crippen LogP contribution in [-0.2, 0) is 6.42 Å². The Kier molecular flexibility index (Phi) is 2.63. The molecule has 0 bridgehead atoms. The van der Waals surface area contributed by atoms with Crippen molar-refractivity contribution >= 4 is 5.97 Å². The summed E-state index contributed by atoms with van der Waals surface area (Å²) in [6.07, 6.45) is 0.640. The summed E-state index contributed by atoms with van der Waals surface area (Å²) in [6, 6.07) is 6.63. The fourth-order valence-corrected chi connectivity index (χ4v) is 1.45. The Morgan fingerprint density at radius 2 is 2.19 bits per heavy atom. The van der Waals surface area contributed by atoms with Crippen LogP contribution in [0.2, 0.25) is 0 Å². The maximum atomic E-state index is 11.0. The van der Waals surface area contributed by atoms with Crippen molar-refractivity contribution in [2.24, 2.45) is 0 Å². The summed E-state index contributed by atoms with van der Waals surface area (Å²) in [5.41, 5.74) is 0.668. The second kappa shape index (κ2) is 4.09. The van der Waals surface area contributed by atoms with Crippen molar-refractivity contribution < 1.29 is 9.90 Å². The Morgan fingerprint density at radius 1 is 1.44 bits per heavy atom. The zero-order valence-corrected chi connectivity index (χ0v) is 8.66. The highest BCUT2D eigenvalue weighted by atomic mass is 16.4. The number of para-hydroxylation sites is 1. The molecule has 6 heteroatoms. The molecule has 0 aliphatic rings. The van der Waals surface area contributed by atoms with Crippen LogP contribution in [0.5, 0.6) is 0 Å². The van der Waals surface area contributed by atoms with E-state index in [9.17, 15) is 4.79 Å². The summed E-state index contributed by atoms with van der Waals surface area (Å²) >= 11 is 0. The van der Waals surface area contributed by atoms with Gasteiger partial charge in [-0.1, -0.05) is 19.1 Å². The Balaban J connectivity index is 2.60. The maximum Gasteiger partial charge on any atom is 0.337 e. The third-order valence-corrected chi connectivity index (χ3v) is 2.21. The molecule has 0 aliphatic carbocycles. The fraction of sp³-hybridized carbons (Fsp3) is 0.200. The molecule has 1 N–H and O–H groups in total. The van der Waals surface area contributed by atoms with Crippen molar-refractivity contribution in [1.29, 1.82) is 0 Å². The lowest BCUT2D eigenvalue weighted by molar-refractivity contribution is 0.0696. The largest absolute Gasteiger partial charge is 0.478 e. The molecule has 2 rings (SSSR count). The van der Waals surface area contributed by atoms with Crippen LogP contribution in [0, 0.1) is 0 Å². The summed E-state index contributed by atoms with van der Waals surface area (Å²) in [7, 11) is 0. The van der Waals surface area contributed by atoms with Crippen molar-refractivity contribution in [3.05, 3.63) is 35.7 Å². The first kappa shape index (κ1) is 10.3. The van der Waals surface area contributed by atoms with E-state index in [-0.39, 0.29) is 5.56 Å². The quantitative estimate of drug-likeness (QED) is 0.828. The van der Waals surface area contributed by atoms with Crippen molar-refractivity contribution in [3.63, 3.8) is 0 Å². The van der Waals surface area contributed by atoms with Gasteiger partial charge in [0.1, 0.15) is 0 Å². The monoisotopic (exact) mass is 218 g/mol. The van der Waals surface area contributed by atoms with Gasteiger partial charge in [0, 0.05) is 6.42 Å². The average molecular weight is 218 g/mol. The van der Waals surface area contributed by atoms with Gasteiger partial charge in [0.05, 0.1) is 11.3 Å². The number of aromatic nitrogens is 4. The summed E-state index contributed by atoms with van der Waals surface area (Å²) < 4.78 is 1.45. The molecule has 0 unspecified atom stereocenters. The normalized spacial score (nSPS) is 10.3. The van der Waals surface area contributed by atoms with Gasteiger partial charge in [-0.3, -0.25) is 0 Å². The Bertz CT molecular complexity index is 521. The van der Waals surface area contributed by atoms with Gasteiger partial charge in [-0.25, -0.2) is 4.79 Å². The third-order valence-electron chi connectivity index (χ3n) is 2.21. The summed E-state index contributed by atoms with van der Waals surface area (Å²) in [6.45, 7) is 1.91. The van der Waals surface area contributed by atoms with Gasteiger partial charge in [-0.2, -0.15) is 4.68 Å². The van der Waals surface area contributed by atoms with Gasteiger partial charge in [0.15, 0.2) is 5.82 Å². The van der Waals surface area contributed by atoms with E-state index in [4.69, 9.17) is 5.11 Å². The molecule has 0 saturated heterocycles. The Hall–Kier alpha value is -2.24. The standard InChI is InChI=1S/C10H10N4O2/c1-2-9-11-12-13-14(9)8-6-4-3-5-7(8)10(15)16/h3-6H,2H2,1H3,(H,15,16). The van der Waals surface area contributed by atoms with E-state index in [1.165, 1.54) is 10.7 Å². The third kappa shape index (κ3) is 1.65. The Labute approximate surface area is 91.5 Å². The molecule has 82 valence electrons. The molecule has 0 saturated carbocycles. The predicted octanol–water partition coefficient (Wildman–Crippen LogP) is 0.923. The highest BCUT2D eigenvalue weighted by Gasteiger charge is 2.14. The number of benzene rings is 1. The molecule has 2 aromatic rings. The molecule has 1 heterocycles. The number of carboxylic acid groups (broad SMARTS) is 1. The zero-order chi connectivity index (χ0) is 11.5. The zero-order valence-electron chi connectivity index (χ0n) is 8.66. The number of tetrazole rings is 1. The molecule has 0 spiro atoms. The van der Waals surface area contributed by atoms with Gasteiger partial charge >= 0.3 is 5.97 Å². The van der Waals surface area contributed by atoms with Crippen LogP contribution >= 0.6 is 0 Å². The van der Waals surface area contributed by atoms with Crippen LogP contribution in [0.25, 0.3) is 5.69 Å². The van der Waals surface area contributed by atoms with Crippen LogP contribution < -0.4 is 0 Å². The molecule has 0 radical (unpaired) electrons. The molecule has 16 heavy (non-hydrogen) atoms. The number of nitrogens with zero attached hydrogens (tertiary/aromatic N) is 4. The van der Waals surface area contributed by atoms with E-state index in [0.717, 1.165) is 0 Å². The van der Waals surface area contributed by atoms with Crippen molar-refractivity contribution in [2.45, 2.75) is 13.3 Å². The van der Waals surface area contributed by atoms with Gasteiger partial charge in [0.2, 0.25) is 0 Å². The Morgan fingerprint density at radius 3 is 2.88 bits per heavy atom. The molecular weight excluding hydrogens is 208 g/mol. The van der Waals surface area contributed by atoms with Crippen LogP contribution in [0.1, 0.15) is 23.1 Å². The van der Waals surface area contributed by atoms with Crippen LogP contribution in [0.15, 0.2) is 24.3 Å². The lowest BCUT2D eigenvalue weighted by Crippen LogP contribution is -2.09. The highest BCUT2D eigenvalue weighted by molar-refractivity contribution is 5.91. The average Bonchev–Trinajstić information content (AvgIpc) is 2.76. The first-order chi connectivity index (χ1) is 7.74. The van der Waals surface area contributed by atoms with Gasteiger partial charge in [0.25, 0.3) is 0 Å². The van der Waals surface area contributed by atoms with E-state index in [0.29, 0.717) is 17.9 Å². The van der Waals surface area contributed by atoms with Crippen molar-refractivity contribution in [1.82, 2.24) is 20.2 Å². The summed E-state index contributed by atoms with van der Waals surface area (Å²) in [4.78, 5) is 11.0. The number of hydrogen-bond acceptors (Lipinski definition) is 4. The molecular formula is C10H10N4O2. The van der Waals surface area contributed by atoms with E-state index in [2.05, 4.69) is 15.5 Å². The lowest BCUT2D eigenvalue weighted by atomic mass is 10.2. The summed E-state index contributed by atoms with van der Waals surface area (Å²) in [5.74, 6) is -0.359. The minimum Gasteiger partial charge on any atom is -0.478 e. The molecule has 1 aromatic carbocycles. The summed E-state index contributed by atoms with van der Waals surface area (Å²) in [5, 5.41) is 20.2. The molecule has 0 amide bonds. The predicted molar refractivity (Wildman–Crippen MR) is 55.5 cm³/mol. The fourth-order valence-electron chi connectivity index (χ4n) is 1.45. The molecule has 6 nitrogen and oxygen atoms in total. The maximum absolute atomic E-state index is 11.0. The molecule has 0 aliphatic heterocycles. The second-order valence-electron chi connectivity index (χ2n) is 3.18. The van der Waals surface area contributed by atoms with E-state index < -0.39 is 5.97 Å². The van der Waals surface area contributed by atoms with Crippen LogP contribution in [0.3, 0.4) is 0 Å². The SMILES string of the molecule is CCc1nnnn1-c1ccccc1C(=O)O. The number of rotatable bonds is 3. The van der Waals surface area contributed by atoms with E-state index in [1.807, 2.05) is 6.92 Å². The number of carbonyl (C=O) groups is 1. The first-order valence-electron chi connectivity index (χ1n) is 4.84. The van der Waals surface area contributed by atoms with Crippen molar-refractivity contribution in [2.75, 3.05) is 0 Å². The lowest BCUT2D eigenvalue weighted by Gasteiger charge is -2.06. The van der Waals surface area contributed by atoms with E-state index in [1.54, 1.807) is 18.2 Å². The molecule has 0 atom stereocenters. The van der Waals surface area contributed by atoms with Crippen LogP contribution in [-0.4, -0.2) is 31.3 Å². The second-order valence-corrected chi connectivity index (χ2v) is 3.18. The van der Waals surface area contributed by atoms with Gasteiger partial charge in [-0.05, 0) is 22.6 Å². The minimum atomic E-state index is -0.992. The van der Waals surface area contributed by atoms with Crippen LogP contribution in [0.4, 0.5) is 0 Å². The van der Waals surface area contributed by atoms with Gasteiger partial charge < -0.3 is 5.11 Å². The first-order valence-corrected chi connectivity index (χ1v) is 4.84. The number of aromatic carboxylic acids is 1. The topological polar surface area (TPSA) is 80.9 Å². The van der Waals surface area contributed by atoms with Gasteiger partial charge in [-0.15, -0.1) is 5.10 Å². The van der Waals surface area contributed by atoms with E-state index >= 15 is 0 Å². The molecule has 1 aromatic heterocycles. The highest BCUT2D eigenvalue weighted by Crippen LogP contribution is 2.14. The number of carboxylic acids is 1. The number of aryl methyl sites for hydroxylation is 1. The van der Waals surface area contributed by atoms with Crippen molar-refractivity contribution in [3.8, 4) is 5.69 Å². The molecule has 0 fully saturated rings. The minimum absolute atomic E-state index is 0.185.